The van der Waals surface area contributed by atoms with Gasteiger partial charge in [-0.25, -0.2) is 0 Å². The Bertz CT molecular complexity index is 1080. The molecule has 1 fully saturated rings. The van der Waals surface area contributed by atoms with E-state index in [1.165, 1.54) is 11.1 Å². The third kappa shape index (κ3) is 3.56. The van der Waals surface area contributed by atoms with Gasteiger partial charge in [-0.2, -0.15) is 0 Å². The number of fused-ring (bicyclic) bond motifs is 5. The summed E-state index contributed by atoms with van der Waals surface area (Å²) < 4.78 is 11.6. The average Bonchev–Trinajstić information content (AvgIpc) is 3.14. The molecule has 0 saturated carbocycles. The Labute approximate surface area is 170 Å². The van der Waals surface area contributed by atoms with Crippen LogP contribution in [0.25, 0.3) is 22.0 Å². The number of unbranched alkanes of at least 4 members (excludes halogenated alkanes) is 1. The third-order valence-corrected chi connectivity index (χ3v) is 6.02. The molecule has 5 nitrogen and oxygen atoms in total. The van der Waals surface area contributed by atoms with Gasteiger partial charge in [-0.1, -0.05) is 30.3 Å². The minimum absolute atomic E-state index is 0.0263. The van der Waals surface area contributed by atoms with Crippen molar-refractivity contribution >= 4 is 10.8 Å². The molecule has 3 aromatic rings. The molecule has 0 spiro atoms. The minimum atomic E-state index is -0.0263. The number of benzene rings is 2. The first-order chi connectivity index (χ1) is 14.3. The fraction of sp³-hybridized carbons (Fsp3) is 0.375. The molecule has 1 aliphatic heterocycles. The van der Waals surface area contributed by atoms with Crippen molar-refractivity contribution in [1.29, 1.82) is 0 Å². The second-order valence-corrected chi connectivity index (χ2v) is 7.82. The van der Waals surface area contributed by atoms with Crippen molar-refractivity contribution in [3.63, 3.8) is 0 Å². The molecular formula is C24H26N2O3. The number of morpholine rings is 1. The van der Waals surface area contributed by atoms with Gasteiger partial charge in [0.05, 0.1) is 25.5 Å². The fourth-order valence-electron chi connectivity index (χ4n) is 4.49. The summed E-state index contributed by atoms with van der Waals surface area (Å²) in [5.41, 5.74) is 4.39. The topological polar surface area (TPSA) is 54.6 Å². The first-order valence-electron chi connectivity index (χ1n) is 10.5. The highest BCUT2D eigenvalue weighted by atomic mass is 16.5. The first kappa shape index (κ1) is 18.4. The van der Waals surface area contributed by atoms with Crippen LogP contribution in [0.2, 0.25) is 0 Å². The molecule has 0 amide bonds. The molecule has 1 aromatic heterocycles. The van der Waals surface area contributed by atoms with E-state index in [1.807, 2.05) is 36.4 Å². The molecule has 150 valence electrons. The van der Waals surface area contributed by atoms with Gasteiger partial charge in [0.1, 0.15) is 5.75 Å². The molecule has 0 bridgehead atoms. The van der Waals surface area contributed by atoms with Crippen molar-refractivity contribution in [2.75, 3.05) is 39.5 Å². The van der Waals surface area contributed by atoms with E-state index in [4.69, 9.17) is 9.47 Å². The predicted octanol–water partition coefficient (Wildman–Crippen LogP) is 3.59. The van der Waals surface area contributed by atoms with Crippen molar-refractivity contribution in [3.8, 4) is 17.0 Å². The zero-order valence-corrected chi connectivity index (χ0v) is 16.6. The summed E-state index contributed by atoms with van der Waals surface area (Å²) in [6, 6.07) is 14.0. The van der Waals surface area contributed by atoms with Gasteiger partial charge < -0.3 is 14.5 Å². The minimum Gasteiger partial charge on any atom is -0.493 e. The Hall–Kier alpha value is -2.63. The zero-order valence-electron chi connectivity index (χ0n) is 16.6. The maximum atomic E-state index is 12.5. The van der Waals surface area contributed by atoms with Crippen molar-refractivity contribution < 1.29 is 9.47 Å². The Morgan fingerprint density at radius 3 is 2.66 bits per heavy atom. The van der Waals surface area contributed by atoms with Crippen LogP contribution < -0.4 is 10.3 Å². The highest BCUT2D eigenvalue weighted by molar-refractivity contribution is 5.93. The van der Waals surface area contributed by atoms with E-state index >= 15 is 0 Å². The molecule has 5 rings (SSSR count). The van der Waals surface area contributed by atoms with Gasteiger partial charge in [0.15, 0.2) is 0 Å². The van der Waals surface area contributed by atoms with Crippen LogP contribution in [0.1, 0.15) is 24.0 Å². The number of nitrogens with one attached hydrogen (secondary N) is 1. The third-order valence-electron chi connectivity index (χ3n) is 6.02. The van der Waals surface area contributed by atoms with Gasteiger partial charge in [-0.3, -0.25) is 9.69 Å². The molecule has 2 aliphatic rings. The number of nitrogens with zero attached hydrogens (tertiary/aromatic N) is 1. The van der Waals surface area contributed by atoms with E-state index in [1.54, 1.807) is 0 Å². The summed E-state index contributed by atoms with van der Waals surface area (Å²) in [7, 11) is 0. The number of rotatable bonds is 6. The van der Waals surface area contributed by atoms with Crippen LogP contribution in [0.4, 0.5) is 0 Å². The number of hydrogen-bond acceptors (Lipinski definition) is 4. The van der Waals surface area contributed by atoms with Crippen LogP contribution in [0, 0.1) is 0 Å². The monoisotopic (exact) mass is 390 g/mol. The molecule has 0 radical (unpaired) electrons. The molecule has 2 heterocycles. The maximum absolute atomic E-state index is 12.5. The van der Waals surface area contributed by atoms with Crippen LogP contribution in [0.3, 0.4) is 0 Å². The lowest BCUT2D eigenvalue weighted by Gasteiger charge is -2.26. The largest absolute Gasteiger partial charge is 0.493 e. The van der Waals surface area contributed by atoms with Gasteiger partial charge in [-0.15, -0.1) is 0 Å². The molecule has 2 aromatic carbocycles. The quantitative estimate of drug-likeness (QED) is 0.511. The van der Waals surface area contributed by atoms with Gasteiger partial charge in [-0.05, 0) is 42.5 Å². The highest BCUT2D eigenvalue weighted by Gasteiger charge is 2.25. The zero-order chi connectivity index (χ0) is 19.6. The molecule has 1 saturated heterocycles. The Morgan fingerprint density at radius 1 is 0.966 bits per heavy atom. The Morgan fingerprint density at radius 2 is 1.79 bits per heavy atom. The molecule has 1 N–H and O–H groups in total. The normalized spacial score (nSPS) is 16.0. The summed E-state index contributed by atoms with van der Waals surface area (Å²) in [4.78, 5) is 18.1. The maximum Gasteiger partial charge on any atom is 0.256 e. The average molecular weight is 390 g/mol. The first-order valence-corrected chi connectivity index (χ1v) is 10.5. The molecule has 29 heavy (non-hydrogen) atoms. The van der Waals surface area contributed by atoms with Crippen molar-refractivity contribution in [2.24, 2.45) is 0 Å². The SMILES string of the molecule is O=c1[nH]c2c(c3ccccc13)Cc1c(OCCCCN3CCOCC3)cccc1-2. The number of hydrogen-bond donors (Lipinski definition) is 1. The molecule has 1 aliphatic carbocycles. The number of pyridine rings is 1. The van der Waals surface area contributed by atoms with E-state index in [0.717, 1.165) is 79.9 Å². The summed E-state index contributed by atoms with van der Waals surface area (Å²) in [5.74, 6) is 0.940. The van der Waals surface area contributed by atoms with Gasteiger partial charge in [0, 0.05) is 36.0 Å². The summed E-state index contributed by atoms with van der Waals surface area (Å²) in [5, 5.41) is 1.79. The Kier molecular flexibility index (Phi) is 5.08. The van der Waals surface area contributed by atoms with Gasteiger partial charge >= 0.3 is 0 Å². The lowest BCUT2D eigenvalue weighted by molar-refractivity contribution is 0.0368. The molecular weight excluding hydrogens is 364 g/mol. The number of aromatic amines is 1. The number of aromatic nitrogens is 1. The second-order valence-electron chi connectivity index (χ2n) is 7.82. The second kappa shape index (κ2) is 8.01. The van der Waals surface area contributed by atoms with Crippen molar-refractivity contribution in [3.05, 3.63) is 63.9 Å². The molecule has 5 heteroatoms. The highest BCUT2D eigenvalue weighted by Crippen LogP contribution is 2.41. The number of ether oxygens (including phenoxy) is 2. The van der Waals surface area contributed by atoms with Crippen molar-refractivity contribution in [1.82, 2.24) is 9.88 Å². The van der Waals surface area contributed by atoms with Crippen LogP contribution in [0.5, 0.6) is 5.75 Å². The lowest BCUT2D eigenvalue weighted by Crippen LogP contribution is -2.36. The van der Waals surface area contributed by atoms with Gasteiger partial charge in [0.2, 0.25) is 0 Å². The smallest absolute Gasteiger partial charge is 0.256 e. The van der Waals surface area contributed by atoms with E-state index in [-0.39, 0.29) is 5.56 Å². The van der Waals surface area contributed by atoms with E-state index in [2.05, 4.69) is 16.0 Å². The summed E-state index contributed by atoms with van der Waals surface area (Å²) in [6.45, 7) is 5.61. The van der Waals surface area contributed by atoms with Crippen LogP contribution in [-0.4, -0.2) is 49.3 Å². The Balaban J connectivity index is 1.29. The lowest BCUT2D eigenvalue weighted by atomic mass is 10.0. The molecule has 0 atom stereocenters. The predicted molar refractivity (Wildman–Crippen MR) is 115 cm³/mol. The number of H-pyrrole nitrogens is 1. The summed E-state index contributed by atoms with van der Waals surface area (Å²) in [6.07, 6.45) is 2.97. The van der Waals surface area contributed by atoms with E-state index in [9.17, 15) is 4.79 Å². The standard InChI is InChI=1S/C24H26N2O3/c27-24-19-7-2-1-6-17(19)21-16-20-18(23(21)25-24)8-5-9-22(20)29-13-4-3-10-26-11-14-28-15-12-26/h1-2,5-9H,3-4,10-16H2,(H,25,27). The van der Waals surface area contributed by atoms with Crippen molar-refractivity contribution in [2.45, 2.75) is 19.3 Å². The van der Waals surface area contributed by atoms with E-state index in [0.29, 0.717) is 6.61 Å². The fourth-order valence-corrected chi connectivity index (χ4v) is 4.49. The van der Waals surface area contributed by atoms with Crippen LogP contribution in [0.15, 0.2) is 47.3 Å². The molecule has 0 unspecified atom stereocenters. The van der Waals surface area contributed by atoms with Crippen LogP contribution in [-0.2, 0) is 11.2 Å². The van der Waals surface area contributed by atoms with E-state index < -0.39 is 0 Å². The summed E-state index contributed by atoms with van der Waals surface area (Å²) >= 11 is 0. The van der Waals surface area contributed by atoms with Crippen LogP contribution >= 0.6 is 0 Å². The van der Waals surface area contributed by atoms with Gasteiger partial charge in [0.25, 0.3) is 5.56 Å².